The van der Waals surface area contributed by atoms with Crippen molar-refractivity contribution in [2.24, 2.45) is 0 Å². The summed E-state index contributed by atoms with van der Waals surface area (Å²) in [6.07, 6.45) is 2.83. The second-order valence-corrected chi connectivity index (χ2v) is 6.85. The number of ether oxygens (including phenoxy) is 3. The lowest BCUT2D eigenvalue weighted by Gasteiger charge is -2.14. The SMILES string of the molecule is COc1ccc(/C=C/C(=O)Oc2cccc(N3C(=O)c4ccccc4C3=O)c2)c(OC)c1. The number of rotatable bonds is 6. The van der Waals surface area contributed by atoms with Gasteiger partial charge in [0.2, 0.25) is 0 Å². The number of benzene rings is 3. The van der Waals surface area contributed by atoms with Crippen molar-refractivity contribution in [1.82, 2.24) is 0 Å². The highest BCUT2D eigenvalue weighted by atomic mass is 16.5. The van der Waals surface area contributed by atoms with Gasteiger partial charge in [0.05, 0.1) is 31.0 Å². The van der Waals surface area contributed by atoms with E-state index in [0.717, 1.165) is 4.90 Å². The third kappa shape index (κ3) is 3.96. The van der Waals surface area contributed by atoms with E-state index in [9.17, 15) is 14.4 Å². The fourth-order valence-electron chi connectivity index (χ4n) is 3.37. The van der Waals surface area contributed by atoms with Crippen LogP contribution in [-0.2, 0) is 4.79 Å². The molecule has 7 nitrogen and oxygen atoms in total. The molecule has 160 valence electrons. The predicted molar refractivity (Wildman–Crippen MR) is 118 cm³/mol. The number of hydrogen-bond acceptors (Lipinski definition) is 6. The molecule has 3 aromatic rings. The second-order valence-electron chi connectivity index (χ2n) is 6.85. The zero-order chi connectivity index (χ0) is 22.7. The average Bonchev–Trinajstić information content (AvgIpc) is 3.08. The standard InChI is InChI=1S/C25H19NO6/c1-30-18-12-10-16(22(15-18)31-2)11-13-23(27)32-19-7-5-6-17(14-19)26-24(28)20-8-3-4-9-21(20)25(26)29/h3-15H,1-2H3/b13-11+. The van der Waals surface area contributed by atoms with E-state index in [0.29, 0.717) is 33.9 Å². The zero-order valence-corrected chi connectivity index (χ0v) is 17.4. The van der Waals surface area contributed by atoms with E-state index in [2.05, 4.69) is 0 Å². The Hall–Kier alpha value is -4.39. The molecule has 0 atom stereocenters. The summed E-state index contributed by atoms with van der Waals surface area (Å²) in [4.78, 5) is 38.7. The molecule has 1 aliphatic rings. The van der Waals surface area contributed by atoms with Crippen molar-refractivity contribution in [3.63, 3.8) is 0 Å². The molecule has 0 aliphatic carbocycles. The predicted octanol–water partition coefficient (Wildman–Crippen LogP) is 4.12. The van der Waals surface area contributed by atoms with Gasteiger partial charge in [-0.2, -0.15) is 0 Å². The number of fused-ring (bicyclic) bond motifs is 1. The van der Waals surface area contributed by atoms with E-state index in [1.165, 1.54) is 19.3 Å². The molecule has 1 heterocycles. The number of nitrogens with zero attached hydrogens (tertiary/aromatic N) is 1. The van der Waals surface area contributed by atoms with Crippen LogP contribution in [0.15, 0.2) is 72.8 Å². The summed E-state index contributed by atoms with van der Waals surface area (Å²) in [6, 6.07) is 18.1. The van der Waals surface area contributed by atoms with Gasteiger partial charge in [-0.3, -0.25) is 9.59 Å². The molecule has 0 radical (unpaired) electrons. The lowest BCUT2D eigenvalue weighted by atomic mass is 10.1. The molecule has 7 heteroatoms. The number of methoxy groups -OCH3 is 2. The molecule has 0 saturated carbocycles. The molecule has 0 fully saturated rings. The molecule has 32 heavy (non-hydrogen) atoms. The van der Waals surface area contributed by atoms with Crippen molar-refractivity contribution in [3.05, 3.63) is 89.5 Å². The molecule has 0 saturated heterocycles. The molecule has 0 aromatic heterocycles. The van der Waals surface area contributed by atoms with Crippen molar-refractivity contribution in [3.8, 4) is 17.2 Å². The molecule has 0 unspecified atom stereocenters. The normalized spacial score (nSPS) is 12.8. The molecular formula is C25H19NO6. The lowest BCUT2D eigenvalue weighted by Crippen LogP contribution is -2.29. The van der Waals surface area contributed by atoms with Crippen molar-refractivity contribution < 1.29 is 28.6 Å². The number of imide groups is 1. The third-order valence-corrected chi connectivity index (χ3v) is 4.93. The third-order valence-electron chi connectivity index (χ3n) is 4.93. The van der Waals surface area contributed by atoms with Gasteiger partial charge in [-0.25, -0.2) is 9.69 Å². The first-order chi connectivity index (χ1) is 15.5. The lowest BCUT2D eigenvalue weighted by molar-refractivity contribution is -0.128. The summed E-state index contributed by atoms with van der Waals surface area (Å²) in [7, 11) is 3.08. The summed E-state index contributed by atoms with van der Waals surface area (Å²) in [6.45, 7) is 0. The number of esters is 1. The summed E-state index contributed by atoms with van der Waals surface area (Å²) in [5, 5.41) is 0. The van der Waals surface area contributed by atoms with Crippen LogP contribution >= 0.6 is 0 Å². The molecule has 2 amide bonds. The molecule has 0 N–H and O–H groups in total. The first-order valence-electron chi connectivity index (χ1n) is 9.71. The molecule has 1 aliphatic heterocycles. The summed E-state index contributed by atoms with van der Waals surface area (Å²) in [5.41, 5.74) is 1.68. The zero-order valence-electron chi connectivity index (χ0n) is 17.4. The van der Waals surface area contributed by atoms with E-state index in [-0.39, 0.29) is 5.75 Å². The first kappa shape index (κ1) is 20.9. The fraction of sp³-hybridized carbons (Fsp3) is 0.0800. The number of anilines is 1. The number of carbonyl (C=O) groups excluding carboxylic acids is 3. The van der Waals surface area contributed by atoms with Crippen molar-refractivity contribution in [2.45, 2.75) is 0 Å². The quantitative estimate of drug-likeness (QED) is 0.254. The van der Waals surface area contributed by atoms with Gasteiger partial charge < -0.3 is 14.2 Å². The highest BCUT2D eigenvalue weighted by molar-refractivity contribution is 6.34. The minimum atomic E-state index is -0.623. The molecular weight excluding hydrogens is 410 g/mol. The Bertz CT molecular complexity index is 1210. The van der Waals surface area contributed by atoms with Crippen LogP contribution in [0, 0.1) is 0 Å². The molecule has 0 spiro atoms. The van der Waals surface area contributed by atoms with Crippen LogP contribution in [0.5, 0.6) is 17.2 Å². The van der Waals surface area contributed by atoms with Crippen molar-refractivity contribution in [2.75, 3.05) is 19.1 Å². The minimum absolute atomic E-state index is 0.204. The van der Waals surface area contributed by atoms with E-state index >= 15 is 0 Å². The van der Waals surface area contributed by atoms with Gasteiger partial charge in [-0.1, -0.05) is 18.2 Å². The molecule has 4 rings (SSSR count). The van der Waals surface area contributed by atoms with E-state index in [1.807, 2.05) is 0 Å². The van der Waals surface area contributed by atoms with Crippen LogP contribution in [0.25, 0.3) is 6.08 Å². The van der Waals surface area contributed by atoms with Crippen LogP contribution in [-0.4, -0.2) is 32.0 Å². The largest absolute Gasteiger partial charge is 0.497 e. The second kappa shape index (κ2) is 8.77. The van der Waals surface area contributed by atoms with Gasteiger partial charge in [0, 0.05) is 23.8 Å². The molecule has 3 aromatic carbocycles. The van der Waals surface area contributed by atoms with Crippen LogP contribution < -0.4 is 19.1 Å². The van der Waals surface area contributed by atoms with Gasteiger partial charge in [0.25, 0.3) is 11.8 Å². The van der Waals surface area contributed by atoms with E-state index in [4.69, 9.17) is 14.2 Å². The fourth-order valence-corrected chi connectivity index (χ4v) is 3.37. The van der Waals surface area contributed by atoms with Gasteiger partial charge in [0.1, 0.15) is 17.2 Å². The summed E-state index contributed by atoms with van der Waals surface area (Å²) < 4.78 is 15.8. The highest BCUT2D eigenvalue weighted by Crippen LogP contribution is 2.30. The topological polar surface area (TPSA) is 82.1 Å². The Labute approximate surface area is 184 Å². The van der Waals surface area contributed by atoms with E-state index in [1.54, 1.807) is 73.8 Å². The smallest absolute Gasteiger partial charge is 0.336 e. The minimum Gasteiger partial charge on any atom is -0.497 e. The first-order valence-corrected chi connectivity index (χ1v) is 9.71. The molecule has 0 bridgehead atoms. The number of carbonyl (C=O) groups is 3. The van der Waals surface area contributed by atoms with Gasteiger partial charge >= 0.3 is 5.97 Å². The summed E-state index contributed by atoms with van der Waals surface area (Å²) >= 11 is 0. The van der Waals surface area contributed by atoms with Crippen molar-refractivity contribution in [1.29, 1.82) is 0 Å². The summed E-state index contributed by atoms with van der Waals surface area (Å²) in [5.74, 6) is -0.0773. The highest BCUT2D eigenvalue weighted by Gasteiger charge is 2.36. The number of hydrogen-bond donors (Lipinski definition) is 0. The Morgan fingerprint density at radius 1 is 0.812 bits per heavy atom. The average molecular weight is 429 g/mol. The van der Waals surface area contributed by atoms with Crippen LogP contribution in [0.3, 0.4) is 0 Å². The maximum absolute atomic E-state index is 12.7. The maximum Gasteiger partial charge on any atom is 0.336 e. The van der Waals surface area contributed by atoms with Crippen LogP contribution in [0.2, 0.25) is 0 Å². The maximum atomic E-state index is 12.7. The van der Waals surface area contributed by atoms with Crippen LogP contribution in [0.4, 0.5) is 5.69 Å². The Kier molecular flexibility index (Phi) is 5.72. The Balaban J connectivity index is 1.50. The monoisotopic (exact) mass is 429 g/mol. The number of amides is 2. The Morgan fingerprint density at radius 3 is 2.19 bits per heavy atom. The van der Waals surface area contributed by atoms with Gasteiger partial charge in [-0.15, -0.1) is 0 Å². The van der Waals surface area contributed by atoms with Crippen molar-refractivity contribution >= 4 is 29.5 Å². The van der Waals surface area contributed by atoms with Gasteiger partial charge in [-0.05, 0) is 42.5 Å². The van der Waals surface area contributed by atoms with E-state index < -0.39 is 17.8 Å². The Morgan fingerprint density at radius 2 is 1.53 bits per heavy atom. The van der Waals surface area contributed by atoms with Gasteiger partial charge in [0.15, 0.2) is 0 Å². The van der Waals surface area contributed by atoms with Crippen LogP contribution in [0.1, 0.15) is 26.3 Å².